The van der Waals surface area contributed by atoms with Crippen LogP contribution in [0.25, 0.3) is 0 Å². The highest BCUT2D eigenvalue weighted by molar-refractivity contribution is 5.22. The van der Waals surface area contributed by atoms with Crippen LogP contribution in [0.2, 0.25) is 0 Å². The van der Waals surface area contributed by atoms with Crippen molar-refractivity contribution in [3.63, 3.8) is 0 Å². The predicted molar refractivity (Wildman–Crippen MR) is 66.2 cm³/mol. The Bertz CT molecular complexity index is 319. The highest BCUT2D eigenvalue weighted by atomic mass is 16.5. The van der Waals surface area contributed by atoms with Gasteiger partial charge in [-0.25, -0.2) is 0 Å². The third-order valence-corrected chi connectivity index (χ3v) is 5.38. The Balaban J connectivity index is 2.03. The minimum absolute atomic E-state index is 0.138. The number of ether oxygens (including phenoxy) is 1. The lowest BCUT2D eigenvalue weighted by molar-refractivity contribution is -0.0784. The summed E-state index contributed by atoms with van der Waals surface area (Å²) in [6, 6.07) is 0. The normalized spacial score (nSPS) is 51.8. The maximum absolute atomic E-state index is 6.33. The van der Waals surface area contributed by atoms with E-state index in [9.17, 15) is 0 Å². The van der Waals surface area contributed by atoms with Crippen LogP contribution in [0.3, 0.4) is 0 Å². The summed E-state index contributed by atoms with van der Waals surface area (Å²) in [5.41, 5.74) is 1.70. The van der Waals surface area contributed by atoms with E-state index in [0.717, 1.165) is 30.3 Å². The standard InChI is InChI=1S/C15H24O/c1-10-4-6-13-11(2)5-7-14-12(3)9-16-15(13,14)8-10/h8,11-14H,4-7,9H2,1-3H3/t11-,12+,13+,14+,15+/m1/s1. The van der Waals surface area contributed by atoms with Gasteiger partial charge in [-0.3, -0.25) is 0 Å². The first-order valence-corrected chi connectivity index (χ1v) is 6.96. The zero-order chi connectivity index (χ0) is 11.3. The third kappa shape index (κ3) is 1.33. The van der Waals surface area contributed by atoms with Gasteiger partial charge >= 0.3 is 0 Å². The van der Waals surface area contributed by atoms with Crippen LogP contribution >= 0.6 is 0 Å². The molecular formula is C15H24O. The number of rotatable bonds is 0. The minimum atomic E-state index is 0.138. The van der Waals surface area contributed by atoms with E-state index >= 15 is 0 Å². The second-order valence-corrected chi connectivity index (χ2v) is 6.44. The Morgan fingerprint density at radius 3 is 2.69 bits per heavy atom. The summed E-state index contributed by atoms with van der Waals surface area (Å²) in [6.45, 7) is 8.08. The van der Waals surface area contributed by atoms with Crippen LogP contribution in [0.5, 0.6) is 0 Å². The molecule has 5 atom stereocenters. The fraction of sp³-hybridized carbons (Fsp3) is 0.867. The van der Waals surface area contributed by atoms with Gasteiger partial charge in [0.2, 0.25) is 0 Å². The number of hydrogen-bond donors (Lipinski definition) is 0. The molecule has 0 bridgehead atoms. The van der Waals surface area contributed by atoms with Gasteiger partial charge in [0.15, 0.2) is 0 Å². The molecule has 16 heavy (non-hydrogen) atoms. The van der Waals surface area contributed by atoms with Gasteiger partial charge in [-0.15, -0.1) is 0 Å². The molecular weight excluding hydrogens is 196 g/mol. The molecule has 1 aliphatic heterocycles. The van der Waals surface area contributed by atoms with Gasteiger partial charge in [0.1, 0.15) is 0 Å². The molecule has 3 rings (SSSR count). The van der Waals surface area contributed by atoms with Crippen LogP contribution in [-0.2, 0) is 4.74 Å². The molecule has 0 unspecified atom stereocenters. The summed E-state index contributed by atoms with van der Waals surface area (Å²) in [7, 11) is 0. The molecule has 1 nitrogen and oxygen atoms in total. The predicted octanol–water partition coefficient (Wildman–Crippen LogP) is 3.79. The molecule has 90 valence electrons. The van der Waals surface area contributed by atoms with Gasteiger partial charge < -0.3 is 4.74 Å². The van der Waals surface area contributed by atoms with E-state index in [-0.39, 0.29) is 5.60 Å². The van der Waals surface area contributed by atoms with Crippen LogP contribution in [0.15, 0.2) is 11.6 Å². The van der Waals surface area contributed by atoms with Crippen molar-refractivity contribution < 1.29 is 4.74 Å². The summed E-state index contributed by atoms with van der Waals surface area (Å²) < 4.78 is 6.33. The Morgan fingerprint density at radius 2 is 1.88 bits per heavy atom. The molecule has 2 fully saturated rings. The summed E-state index contributed by atoms with van der Waals surface area (Å²) in [4.78, 5) is 0. The average molecular weight is 220 g/mol. The first-order chi connectivity index (χ1) is 7.63. The molecule has 0 amide bonds. The second kappa shape index (κ2) is 3.60. The molecule has 1 heterocycles. The zero-order valence-electron chi connectivity index (χ0n) is 10.8. The molecule has 0 N–H and O–H groups in total. The van der Waals surface area contributed by atoms with Gasteiger partial charge in [0.25, 0.3) is 0 Å². The highest BCUT2D eigenvalue weighted by Gasteiger charge is 2.56. The van der Waals surface area contributed by atoms with Crippen molar-refractivity contribution in [2.45, 2.75) is 52.1 Å². The average Bonchev–Trinajstić information content (AvgIpc) is 2.55. The summed E-state index contributed by atoms with van der Waals surface area (Å²) in [5.74, 6) is 3.20. The van der Waals surface area contributed by atoms with E-state index in [1.807, 2.05) is 0 Å². The third-order valence-electron chi connectivity index (χ3n) is 5.38. The van der Waals surface area contributed by atoms with Gasteiger partial charge in [0.05, 0.1) is 12.2 Å². The van der Waals surface area contributed by atoms with E-state index in [0.29, 0.717) is 0 Å². The molecule has 0 aromatic rings. The van der Waals surface area contributed by atoms with Gasteiger partial charge in [-0.2, -0.15) is 0 Å². The molecule has 2 aliphatic carbocycles. The van der Waals surface area contributed by atoms with E-state index in [2.05, 4.69) is 26.8 Å². The van der Waals surface area contributed by atoms with E-state index in [1.54, 1.807) is 5.57 Å². The maximum atomic E-state index is 6.33. The largest absolute Gasteiger partial charge is 0.370 e. The molecule has 1 spiro atoms. The summed E-state index contributed by atoms with van der Waals surface area (Å²) >= 11 is 0. The van der Waals surface area contributed by atoms with Gasteiger partial charge in [0, 0.05) is 0 Å². The molecule has 1 saturated carbocycles. The van der Waals surface area contributed by atoms with Crippen molar-refractivity contribution in [3.8, 4) is 0 Å². The van der Waals surface area contributed by atoms with Crippen LogP contribution in [0.1, 0.15) is 46.5 Å². The van der Waals surface area contributed by atoms with Crippen molar-refractivity contribution >= 4 is 0 Å². The molecule has 0 radical (unpaired) electrons. The van der Waals surface area contributed by atoms with Crippen molar-refractivity contribution in [2.75, 3.05) is 6.61 Å². The van der Waals surface area contributed by atoms with E-state index in [1.165, 1.54) is 25.7 Å². The topological polar surface area (TPSA) is 9.23 Å². The van der Waals surface area contributed by atoms with Crippen LogP contribution in [-0.4, -0.2) is 12.2 Å². The van der Waals surface area contributed by atoms with Crippen LogP contribution in [0.4, 0.5) is 0 Å². The summed E-state index contributed by atoms with van der Waals surface area (Å²) in [6.07, 6.45) is 7.94. The van der Waals surface area contributed by atoms with Crippen LogP contribution < -0.4 is 0 Å². The lowest BCUT2D eigenvalue weighted by atomic mass is 9.58. The fourth-order valence-corrected chi connectivity index (χ4v) is 4.53. The quantitative estimate of drug-likeness (QED) is 0.564. The number of hydrogen-bond acceptors (Lipinski definition) is 1. The first kappa shape index (κ1) is 10.8. The molecule has 3 aliphatic rings. The zero-order valence-corrected chi connectivity index (χ0v) is 10.8. The van der Waals surface area contributed by atoms with Crippen molar-refractivity contribution in [3.05, 3.63) is 11.6 Å². The molecule has 1 heteroatoms. The highest BCUT2D eigenvalue weighted by Crippen LogP contribution is 2.55. The SMILES string of the molecule is CC1=C[C@@]23OC[C@H](C)[C@@H]2CC[C@@H](C)[C@@H]3CC1. The van der Waals surface area contributed by atoms with Gasteiger partial charge in [-0.1, -0.05) is 25.5 Å². The first-order valence-electron chi connectivity index (χ1n) is 6.96. The van der Waals surface area contributed by atoms with Crippen molar-refractivity contribution in [2.24, 2.45) is 23.7 Å². The fourth-order valence-electron chi connectivity index (χ4n) is 4.53. The maximum Gasteiger partial charge on any atom is 0.0927 e. The van der Waals surface area contributed by atoms with Gasteiger partial charge in [-0.05, 0) is 56.3 Å². The monoisotopic (exact) mass is 220 g/mol. The number of allylic oxidation sites excluding steroid dienone is 1. The second-order valence-electron chi connectivity index (χ2n) is 6.44. The Hall–Kier alpha value is -0.300. The smallest absolute Gasteiger partial charge is 0.0927 e. The Labute approximate surface area is 99.3 Å². The molecule has 0 aromatic heterocycles. The lowest BCUT2D eigenvalue weighted by Gasteiger charge is -2.49. The van der Waals surface area contributed by atoms with E-state index < -0.39 is 0 Å². The van der Waals surface area contributed by atoms with Crippen molar-refractivity contribution in [1.82, 2.24) is 0 Å². The Kier molecular flexibility index (Phi) is 2.43. The summed E-state index contributed by atoms with van der Waals surface area (Å²) in [5, 5.41) is 0. The lowest BCUT2D eigenvalue weighted by Crippen LogP contribution is -2.50. The van der Waals surface area contributed by atoms with Crippen molar-refractivity contribution in [1.29, 1.82) is 0 Å². The van der Waals surface area contributed by atoms with Crippen LogP contribution in [0, 0.1) is 23.7 Å². The Morgan fingerprint density at radius 1 is 1.12 bits per heavy atom. The minimum Gasteiger partial charge on any atom is -0.370 e. The molecule has 0 aromatic carbocycles. The molecule has 1 saturated heterocycles. The van der Waals surface area contributed by atoms with E-state index in [4.69, 9.17) is 4.74 Å².